The molecule has 1 rings (SSSR count). The summed E-state index contributed by atoms with van der Waals surface area (Å²) in [5, 5.41) is 3.51. The van der Waals surface area contributed by atoms with E-state index >= 15 is 0 Å². The minimum Gasteiger partial charge on any atom is -0.316 e. The highest BCUT2D eigenvalue weighted by Crippen LogP contribution is 2.19. The Balaban J connectivity index is 1.99. The molecule has 2 nitrogen and oxygen atoms in total. The quantitative estimate of drug-likeness (QED) is 0.652. The summed E-state index contributed by atoms with van der Waals surface area (Å²) in [4.78, 5) is 2.68. The molecule has 0 saturated carbocycles. The molecule has 1 aliphatic rings. The number of rotatable bonds is 7. The van der Waals surface area contributed by atoms with Gasteiger partial charge in [0.2, 0.25) is 0 Å². The van der Waals surface area contributed by atoms with Gasteiger partial charge in [0.25, 0.3) is 0 Å². The summed E-state index contributed by atoms with van der Waals surface area (Å²) in [5.41, 5.74) is 0. The smallest absolute Gasteiger partial charge is 0.00931 e. The van der Waals surface area contributed by atoms with Crippen molar-refractivity contribution in [2.24, 2.45) is 5.92 Å². The van der Waals surface area contributed by atoms with Crippen molar-refractivity contribution >= 4 is 0 Å². The van der Waals surface area contributed by atoms with Gasteiger partial charge in [0.15, 0.2) is 0 Å². The molecule has 0 bridgehead atoms. The van der Waals surface area contributed by atoms with E-state index in [1.165, 1.54) is 45.3 Å². The lowest BCUT2D eigenvalue weighted by atomic mass is 10.1. The van der Waals surface area contributed by atoms with Crippen LogP contribution in [0.5, 0.6) is 0 Å². The summed E-state index contributed by atoms with van der Waals surface area (Å²) >= 11 is 0. The van der Waals surface area contributed by atoms with Crippen LogP contribution in [0, 0.1) is 5.92 Å². The third-order valence-corrected chi connectivity index (χ3v) is 3.32. The molecule has 1 saturated heterocycles. The van der Waals surface area contributed by atoms with Gasteiger partial charge in [-0.15, -0.1) is 0 Å². The normalized spacial score (nSPS) is 22.8. The number of nitrogens with one attached hydrogen (secondary N) is 1. The second kappa shape index (κ2) is 7.24. The molecule has 0 aromatic carbocycles. The van der Waals surface area contributed by atoms with Gasteiger partial charge in [0.1, 0.15) is 0 Å². The number of hydrogen-bond acceptors (Lipinski definition) is 2. The average molecular weight is 212 g/mol. The Morgan fingerprint density at radius 1 is 1.40 bits per heavy atom. The Kier molecular flexibility index (Phi) is 6.26. The van der Waals surface area contributed by atoms with E-state index in [1.54, 1.807) is 0 Å². The standard InChI is InChI=1S/C13H28N2/c1-4-13-7-5-9-15(13)10-6-8-14-11-12(2)3/h12-14H,4-11H2,1-3H3. The van der Waals surface area contributed by atoms with E-state index < -0.39 is 0 Å². The van der Waals surface area contributed by atoms with Crippen LogP contribution in [0.1, 0.15) is 46.5 Å². The van der Waals surface area contributed by atoms with Crippen molar-refractivity contribution in [2.75, 3.05) is 26.2 Å². The molecule has 1 atom stereocenters. The van der Waals surface area contributed by atoms with Crippen molar-refractivity contribution in [3.63, 3.8) is 0 Å². The highest BCUT2D eigenvalue weighted by molar-refractivity contribution is 4.77. The van der Waals surface area contributed by atoms with Crippen LogP contribution in [-0.4, -0.2) is 37.1 Å². The van der Waals surface area contributed by atoms with Gasteiger partial charge in [-0.3, -0.25) is 0 Å². The van der Waals surface area contributed by atoms with Gasteiger partial charge in [-0.05, 0) is 57.8 Å². The van der Waals surface area contributed by atoms with E-state index in [1.807, 2.05) is 0 Å². The Labute approximate surface area is 95.4 Å². The van der Waals surface area contributed by atoms with Crippen LogP contribution in [0.15, 0.2) is 0 Å². The van der Waals surface area contributed by atoms with Crippen molar-refractivity contribution in [1.82, 2.24) is 10.2 Å². The third-order valence-electron chi connectivity index (χ3n) is 3.32. The van der Waals surface area contributed by atoms with Gasteiger partial charge in [-0.1, -0.05) is 20.8 Å². The van der Waals surface area contributed by atoms with Crippen LogP contribution in [0.2, 0.25) is 0 Å². The minimum absolute atomic E-state index is 0.778. The van der Waals surface area contributed by atoms with Gasteiger partial charge in [-0.2, -0.15) is 0 Å². The molecular weight excluding hydrogens is 184 g/mol. The van der Waals surface area contributed by atoms with Crippen molar-refractivity contribution in [3.05, 3.63) is 0 Å². The molecule has 1 N–H and O–H groups in total. The first-order valence-electron chi connectivity index (χ1n) is 6.68. The fourth-order valence-electron chi connectivity index (χ4n) is 2.45. The molecule has 1 heterocycles. The second-order valence-corrected chi connectivity index (χ2v) is 5.19. The highest BCUT2D eigenvalue weighted by atomic mass is 15.2. The molecule has 0 aliphatic carbocycles. The summed E-state index contributed by atoms with van der Waals surface area (Å²) in [6.07, 6.45) is 5.48. The molecule has 0 spiro atoms. The molecule has 2 heteroatoms. The van der Waals surface area contributed by atoms with Gasteiger partial charge >= 0.3 is 0 Å². The largest absolute Gasteiger partial charge is 0.316 e. The van der Waals surface area contributed by atoms with E-state index in [0.717, 1.165) is 18.5 Å². The maximum absolute atomic E-state index is 3.51. The van der Waals surface area contributed by atoms with Crippen LogP contribution >= 0.6 is 0 Å². The lowest BCUT2D eigenvalue weighted by Gasteiger charge is -2.23. The van der Waals surface area contributed by atoms with Crippen LogP contribution in [-0.2, 0) is 0 Å². The highest BCUT2D eigenvalue weighted by Gasteiger charge is 2.21. The number of nitrogens with zero attached hydrogens (tertiary/aromatic N) is 1. The third kappa shape index (κ3) is 4.98. The van der Waals surface area contributed by atoms with Gasteiger partial charge in [0.05, 0.1) is 0 Å². The van der Waals surface area contributed by atoms with Gasteiger partial charge < -0.3 is 10.2 Å². The van der Waals surface area contributed by atoms with Crippen LogP contribution in [0.4, 0.5) is 0 Å². The molecule has 0 amide bonds. The van der Waals surface area contributed by atoms with E-state index in [9.17, 15) is 0 Å². The van der Waals surface area contributed by atoms with E-state index in [0.29, 0.717) is 0 Å². The zero-order chi connectivity index (χ0) is 11.1. The molecule has 1 unspecified atom stereocenters. The average Bonchev–Trinajstić information content (AvgIpc) is 2.64. The SMILES string of the molecule is CCC1CCCN1CCCNCC(C)C. The first kappa shape index (κ1) is 13.0. The molecule has 1 aliphatic heterocycles. The maximum atomic E-state index is 3.51. The topological polar surface area (TPSA) is 15.3 Å². The van der Waals surface area contributed by atoms with Gasteiger partial charge in [0, 0.05) is 6.04 Å². The van der Waals surface area contributed by atoms with Crippen molar-refractivity contribution < 1.29 is 0 Å². The first-order valence-corrected chi connectivity index (χ1v) is 6.68. The molecule has 0 radical (unpaired) electrons. The van der Waals surface area contributed by atoms with Crippen LogP contribution in [0.25, 0.3) is 0 Å². The maximum Gasteiger partial charge on any atom is 0.00931 e. The zero-order valence-electron chi connectivity index (χ0n) is 10.8. The lowest BCUT2D eigenvalue weighted by molar-refractivity contribution is 0.244. The predicted octanol–water partition coefficient (Wildman–Crippen LogP) is 2.50. The van der Waals surface area contributed by atoms with Crippen molar-refractivity contribution in [1.29, 1.82) is 0 Å². The summed E-state index contributed by atoms with van der Waals surface area (Å²) in [6, 6.07) is 0.884. The van der Waals surface area contributed by atoms with Crippen molar-refractivity contribution in [2.45, 2.75) is 52.5 Å². The summed E-state index contributed by atoms with van der Waals surface area (Å²) in [6.45, 7) is 11.8. The molecule has 15 heavy (non-hydrogen) atoms. The zero-order valence-corrected chi connectivity index (χ0v) is 10.8. The minimum atomic E-state index is 0.778. The van der Waals surface area contributed by atoms with Crippen molar-refractivity contribution in [3.8, 4) is 0 Å². The van der Waals surface area contributed by atoms with E-state index in [2.05, 4.69) is 31.0 Å². The van der Waals surface area contributed by atoms with Gasteiger partial charge in [-0.25, -0.2) is 0 Å². The Morgan fingerprint density at radius 3 is 2.87 bits per heavy atom. The van der Waals surface area contributed by atoms with Crippen LogP contribution in [0.3, 0.4) is 0 Å². The summed E-state index contributed by atoms with van der Waals surface area (Å²) in [5.74, 6) is 0.778. The lowest BCUT2D eigenvalue weighted by Crippen LogP contribution is -2.32. The summed E-state index contributed by atoms with van der Waals surface area (Å²) < 4.78 is 0. The Morgan fingerprint density at radius 2 is 2.20 bits per heavy atom. The fraction of sp³-hybridized carbons (Fsp3) is 1.00. The van der Waals surface area contributed by atoms with E-state index in [4.69, 9.17) is 0 Å². The van der Waals surface area contributed by atoms with Crippen LogP contribution < -0.4 is 5.32 Å². The molecule has 0 aromatic rings. The second-order valence-electron chi connectivity index (χ2n) is 5.19. The molecular formula is C13H28N2. The fourth-order valence-corrected chi connectivity index (χ4v) is 2.45. The first-order chi connectivity index (χ1) is 7.24. The number of hydrogen-bond donors (Lipinski definition) is 1. The Bertz CT molecular complexity index is 157. The Hall–Kier alpha value is -0.0800. The number of likely N-dealkylation sites (tertiary alicyclic amines) is 1. The van der Waals surface area contributed by atoms with E-state index in [-0.39, 0.29) is 0 Å². The predicted molar refractivity (Wildman–Crippen MR) is 67.2 cm³/mol. The molecule has 1 fully saturated rings. The summed E-state index contributed by atoms with van der Waals surface area (Å²) in [7, 11) is 0. The monoisotopic (exact) mass is 212 g/mol. The molecule has 0 aromatic heterocycles. The molecule has 90 valence electrons.